The second-order valence-electron chi connectivity index (χ2n) is 6.64. The van der Waals surface area contributed by atoms with Crippen molar-refractivity contribution in [2.45, 2.75) is 63.5 Å². The lowest BCUT2D eigenvalue weighted by atomic mass is 9.79. The van der Waals surface area contributed by atoms with Crippen LogP contribution in [0.3, 0.4) is 0 Å². The Kier molecular flexibility index (Phi) is 4.79. The third-order valence-corrected chi connectivity index (χ3v) is 6.02. The van der Waals surface area contributed by atoms with E-state index in [0.29, 0.717) is 5.54 Å². The van der Waals surface area contributed by atoms with Crippen LogP contribution >= 0.6 is 11.3 Å². The molecule has 1 aromatic rings. The van der Waals surface area contributed by atoms with E-state index in [4.69, 9.17) is 0 Å². The van der Waals surface area contributed by atoms with Crippen LogP contribution in [0.2, 0.25) is 0 Å². The highest BCUT2D eigenvalue weighted by atomic mass is 32.1. The van der Waals surface area contributed by atoms with Gasteiger partial charge in [-0.2, -0.15) is 11.3 Å². The van der Waals surface area contributed by atoms with Crippen LogP contribution in [0.5, 0.6) is 0 Å². The van der Waals surface area contributed by atoms with Gasteiger partial charge in [0.25, 0.3) is 0 Å². The maximum atomic E-state index is 3.92. The summed E-state index contributed by atoms with van der Waals surface area (Å²) in [6.07, 6.45) is 9.54. The molecule has 1 saturated carbocycles. The highest BCUT2D eigenvalue weighted by Gasteiger charge is 2.38. The molecule has 1 unspecified atom stereocenters. The van der Waals surface area contributed by atoms with Crippen LogP contribution in [0.4, 0.5) is 0 Å². The smallest absolute Gasteiger partial charge is 0.0309 e. The van der Waals surface area contributed by atoms with Gasteiger partial charge in [0.2, 0.25) is 0 Å². The van der Waals surface area contributed by atoms with Crippen molar-refractivity contribution in [3.05, 3.63) is 22.4 Å². The highest BCUT2D eigenvalue weighted by Crippen LogP contribution is 2.32. The molecule has 0 radical (unpaired) electrons. The summed E-state index contributed by atoms with van der Waals surface area (Å²) in [5.74, 6) is 0. The van der Waals surface area contributed by atoms with Crippen molar-refractivity contribution in [3.8, 4) is 0 Å². The van der Waals surface area contributed by atoms with E-state index >= 15 is 0 Å². The molecule has 112 valence electrons. The van der Waals surface area contributed by atoms with Gasteiger partial charge in [-0.15, -0.1) is 0 Å². The van der Waals surface area contributed by atoms with Gasteiger partial charge in [-0.05, 0) is 48.1 Å². The molecule has 1 aromatic heterocycles. The maximum absolute atomic E-state index is 3.92. The summed E-state index contributed by atoms with van der Waals surface area (Å²) in [4.78, 5) is 2.78. The Hall–Kier alpha value is -0.380. The quantitative estimate of drug-likeness (QED) is 0.911. The summed E-state index contributed by atoms with van der Waals surface area (Å²) in [5, 5.41) is 8.43. The number of hydrogen-bond donors (Lipinski definition) is 1. The highest BCUT2D eigenvalue weighted by molar-refractivity contribution is 7.07. The lowest BCUT2D eigenvalue weighted by molar-refractivity contribution is 0.0549. The van der Waals surface area contributed by atoms with Crippen molar-refractivity contribution in [2.24, 2.45) is 0 Å². The number of thiophene rings is 1. The van der Waals surface area contributed by atoms with Gasteiger partial charge in [0.1, 0.15) is 0 Å². The van der Waals surface area contributed by atoms with Gasteiger partial charge in [-0.1, -0.05) is 26.2 Å². The molecule has 1 spiro atoms. The molecule has 1 N–H and O–H groups in total. The molecule has 20 heavy (non-hydrogen) atoms. The number of rotatable bonds is 4. The number of hydrogen-bond acceptors (Lipinski definition) is 3. The Morgan fingerprint density at radius 3 is 2.90 bits per heavy atom. The molecule has 2 heterocycles. The van der Waals surface area contributed by atoms with Gasteiger partial charge in [-0.25, -0.2) is 0 Å². The zero-order valence-electron chi connectivity index (χ0n) is 12.7. The minimum Gasteiger partial charge on any atom is -0.308 e. The Bertz CT molecular complexity index is 395. The molecular formula is C17H28N2S. The van der Waals surface area contributed by atoms with Crippen molar-refractivity contribution in [1.82, 2.24) is 10.2 Å². The fourth-order valence-corrected chi connectivity index (χ4v) is 4.68. The van der Waals surface area contributed by atoms with E-state index in [0.717, 1.165) is 6.04 Å². The van der Waals surface area contributed by atoms with Gasteiger partial charge in [0, 0.05) is 31.2 Å². The number of piperazine rings is 1. The lowest BCUT2D eigenvalue weighted by Crippen LogP contribution is -2.64. The van der Waals surface area contributed by atoms with Crippen molar-refractivity contribution in [3.63, 3.8) is 0 Å². The molecule has 3 heteroatoms. The minimum absolute atomic E-state index is 0.443. The molecule has 1 atom stereocenters. The van der Waals surface area contributed by atoms with Crippen molar-refractivity contribution in [2.75, 3.05) is 19.6 Å². The van der Waals surface area contributed by atoms with Crippen LogP contribution in [-0.4, -0.2) is 36.1 Å². The predicted octanol–water partition coefficient (Wildman–Crippen LogP) is 3.68. The first-order valence-electron chi connectivity index (χ1n) is 8.31. The zero-order valence-corrected chi connectivity index (χ0v) is 13.6. The van der Waals surface area contributed by atoms with E-state index in [1.54, 1.807) is 0 Å². The van der Waals surface area contributed by atoms with E-state index in [1.165, 1.54) is 70.1 Å². The molecule has 2 aliphatic rings. The molecule has 1 aliphatic heterocycles. The van der Waals surface area contributed by atoms with Gasteiger partial charge >= 0.3 is 0 Å². The zero-order chi connectivity index (χ0) is 13.8. The fourth-order valence-electron chi connectivity index (χ4n) is 3.97. The van der Waals surface area contributed by atoms with Crippen LogP contribution in [0.15, 0.2) is 16.8 Å². The molecule has 1 aliphatic carbocycles. The molecule has 2 nitrogen and oxygen atoms in total. The molecule has 0 bridgehead atoms. The second kappa shape index (κ2) is 6.59. The van der Waals surface area contributed by atoms with E-state index < -0.39 is 0 Å². The summed E-state index contributed by atoms with van der Waals surface area (Å²) in [5.41, 5.74) is 1.96. The normalized spacial score (nSPS) is 26.9. The first-order chi connectivity index (χ1) is 9.81. The van der Waals surface area contributed by atoms with Crippen LogP contribution in [-0.2, 0) is 6.42 Å². The van der Waals surface area contributed by atoms with E-state index in [-0.39, 0.29) is 0 Å². The first kappa shape index (κ1) is 14.6. The Balaban J connectivity index is 1.62. The third kappa shape index (κ3) is 3.26. The minimum atomic E-state index is 0.443. The Labute approximate surface area is 127 Å². The van der Waals surface area contributed by atoms with Gasteiger partial charge in [-0.3, -0.25) is 4.90 Å². The van der Waals surface area contributed by atoms with Crippen molar-refractivity contribution >= 4 is 11.3 Å². The van der Waals surface area contributed by atoms with Crippen LogP contribution in [0, 0.1) is 0 Å². The van der Waals surface area contributed by atoms with E-state index in [2.05, 4.69) is 34.0 Å². The average molecular weight is 292 g/mol. The topological polar surface area (TPSA) is 15.3 Å². The van der Waals surface area contributed by atoms with Gasteiger partial charge in [0.15, 0.2) is 0 Å². The Morgan fingerprint density at radius 2 is 2.20 bits per heavy atom. The molecule has 2 fully saturated rings. The van der Waals surface area contributed by atoms with Gasteiger partial charge in [0.05, 0.1) is 0 Å². The predicted molar refractivity (Wildman–Crippen MR) is 87.5 cm³/mol. The molecule has 3 rings (SSSR count). The molecule has 0 amide bonds. The number of nitrogens with zero attached hydrogens (tertiary/aromatic N) is 1. The largest absolute Gasteiger partial charge is 0.308 e. The monoisotopic (exact) mass is 292 g/mol. The lowest BCUT2D eigenvalue weighted by Gasteiger charge is -2.49. The average Bonchev–Trinajstić information content (AvgIpc) is 2.99. The van der Waals surface area contributed by atoms with Gasteiger partial charge < -0.3 is 5.32 Å². The summed E-state index contributed by atoms with van der Waals surface area (Å²) in [6.45, 7) is 6.04. The fraction of sp³-hybridized carbons (Fsp3) is 0.765. The summed E-state index contributed by atoms with van der Waals surface area (Å²) in [7, 11) is 0. The SMILES string of the molecule is CCC1CNC2(CCCCC2)CN1CCc1ccsc1. The van der Waals surface area contributed by atoms with Crippen molar-refractivity contribution < 1.29 is 0 Å². The van der Waals surface area contributed by atoms with E-state index in [1.807, 2.05) is 11.3 Å². The van der Waals surface area contributed by atoms with Crippen LogP contribution < -0.4 is 5.32 Å². The molecule has 1 saturated heterocycles. The maximum Gasteiger partial charge on any atom is 0.0309 e. The summed E-state index contributed by atoms with van der Waals surface area (Å²) >= 11 is 1.82. The first-order valence-corrected chi connectivity index (χ1v) is 9.26. The summed E-state index contributed by atoms with van der Waals surface area (Å²) < 4.78 is 0. The standard InChI is InChI=1S/C17H28N2S/c1-2-16-12-18-17(8-4-3-5-9-17)14-19(16)10-6-15-7-11-20-13-15/h7,11,13,16,18H,2-6,8-10,12,14H2,1H3. The molecular weight excluding hydrogens is 264 g/mol. The summed E-state index contributed by atoms with van der Waals surface area (Å²) in [6, 6.07) is 3.02. The Morgan fingerprint density at radius 1 is 1.35 bits per heavy atom. The second-order valence-corrected chi connectivity index (χ2v) is 7.42. The third-order valence-electron chi connectivity index (χ3n) is 5.28. The van der Waals surface area contributed by atoms with Crippen LogP contribution in [0.25, 0.3) is 0 Å². The van der Waals surface area contributed by atoms with Crippen molar-refractivity contribution in [1.29, 1.82) is 0 Å². The molecule has 0 aromatic carbocycles. The number of nitrogens with one attached hydrogen (secondary N) is 1. The van der Waals surface area contributed by atoms with Crippen LogP contribution in [0.1, 0.15) is 51.0 Å². The van der Waals surface area contributed by atoms with E-state index in [9.17, 15) is 0 Å².